The van der Waals surface area contributed by atoms with Crippen LogP contribution < -0.4 is 0 Å². The van der Waals surface area contributed by atoms with Crippen LogP contribution in [0.3, 0.4) is 0 Å². The minimum absolute atomic E-state index is 0. The summed E-state index contributed by atoms with van der Waals surface area (Å²) >= 11 is 0. The van der Waals surface area contributed by atoms with Crippen LogP contribution in [-0.4, -0.2) is 19.5 Å². The van der Waals surface area contributed by atoms with Crippen LogP contribution in [0.15, 0.2) is 158 Å². The fourth-order valence-electron chi connectivity index (χ4n) is 7.05. The van der Waals surface area contributed by atoms with Crippen LogP contribution in [0.1, 0.15) is 11.1 Å². The van der Waals surface area contributed by atoms with E-state index in [1.165, 1.54) is 38.0 Å². The molecule has 0 aliphatic rings. The van der Waals surface area contributed by atoms with Crippen LogP contribution in [0.5, 0.6) is 0 Å². The third kappa shape index (κ3) is 6.15. The summed E-state index contributed by atoms with van der Waals surface area (Å²) in [6.07, 6.45) is 3.84. The second-order valence-electron chi connectivity index (χ2n) is 12.9. The van der Waals surface area contributed by atoms with E-state index in [0.717, 1.165) is 49.9 Å². The van der Waals surface area contributed by atoms with Crippen LogP contribution in [0.25, 0.3) is 82.6 Å². The fraction of sp³-hybridized carbons (Fsp3) is 0.0426. The molecule has 0 unspecified atom stereocenters. The van der Waals surface area contributed by atoms with Crippen molar-refractivity contribution in [1.29, 1.82) is 0 Å². The Morgan fingerprint density at radius 2 is 1.23 bits per heavy atom. The molecule has 251 valence electrons. The number of benzene rings is 7. The van der Waals surface area contributed by atoms with Gasteiger partial charge in [0, 0.05) is 54.5 Å². The summed E-state index contributed by atoms with van der Waals surface area (Å²) in [7, 11) is 0. The first kappa shape index (κ1) is 33.2. The maximum atomic E-state index is 4.99. The zero-order valence-corrected chi connectivity index (χ0v) is 31.0. The molecule has 10 aromatic rings. The van der Waals surface area contributed by atoms with E-state index < -0.39 is 0 Å². The number of hydrogen-bond acceptors (Lipinski definition) is 3. The summed E-state index contributed by atoms with van der Waals surface area (Å²) in [6.45, 7) is 4.17. The van der Waals surface area contributed by atoms with Gasteiger partial charge in [0.15, 0.2) is 0 Å². The zero-order chi connectivity index (χ0) is 34.3. The fourth-order valence-corrected chi connectivity index (χ4v) is 7.05. The number of aromatic nitrogens is 4. The van der Waals surface area contributed by atoms with Crippen molar-refractivity contribution >= 4 is 54.3 Å². The number of pyridine rings is 1. The normalized spacial score (nSPS) is 11.1. The minimum Gasteiger partial charge on any atom is -0.328 e. The number of fused-ring (bicyclic) bond motifs is 7. The number of hydrogen-bond donors (Lipinski definition) is 0. The third-order valence-electron chi connectivity index (χ3n) is 9.39. The number of rotatable bonds is 3. The van der Waals surface area contributed by atoms with Crippen molar-refractivity contribution in [3.8, 4) is 28.3 Å². The Hall–Kier alpha value is -6.00. The van der Waals surface area contributed by atoms with E-state index in [2.05, 4.69) is 169 Å². The molecule has 3 aromatic heterocycles. The second-order valence-corrected chi connectivity index (χ2v) is 12.9. The van der Waals surface area contributed by atoms with E-state index in [-0.39, 0.29) is 20.1 Å². The predicted molar refractivity (Wildman–Crippen MR) is 211 cm³/mol. The topological polar surface area (TPSA) is 43.6 Å². The van der Waals surface area contributed by atoms with Gasteiger partial charge >= 0.3 is 0 Å². The third-order valence-corrected chi connectivity index (χ3v) is 9.39. The van der Waals surface area contributed by atoms with Gasteiger partial charge in [0.05, 0.1) is 11.3 Å². The molecule has 52 heavy (non-hydrogen) atoms. The average Bonchev–Trinajstić information content (AvgIpc) is 3.51. The van der Waals surface area contributed by atoms with Crippen molar-refractivity contribution in [3.05, 3.63) is 181 Å². The molecule has 1 radical (unpaired) electrons. The monoisotopic (exact) mass is 845 g/mol. The maximum absolute atomic E-state index is 4.99. The first-order chi connectivity index (χ1) is 25.1. The van der Waals surface area contributed by atoms with E-state index in [0.29, 0.717) is 5.82 Å². The molecule has 0 N–H and O–H groups in total. The van der Waals surface area contributed by atoms with E-state index in [9.17, 15) is 0 Å². The van der Waals surface area contributed by atoms with Crippen molar-refractivity contribution < 1.29 is 20.1 Å². The zero-order valence-electron chi connectivity index (χ0n) is 28.6. The van der Waals surface area contributed by atoms with Gasteiger partial charge in [-0.2, -0.15) is 0 Å². The van der Waals surface area contributed by atoms with Gasteiger partial charge in [-0.1, -0.05) is 122 Å². The Morgan fingerprint density at radius 1 is 0.538 bits per heavy atom. The van der Waals surface area contributed by atoms with Crippen LogP contribution in [0.4, 0.5) is 0 Å². The molecule has 7 aromatic carbocycles. The van der Waals surface area contributed by atoms with E-state index in [1.54, 1.807) is 0 Å². The van der Waals surface area contributed by atoms with E-state index in [1.807, 2.05) is 24.5 Å². The average molecular weight is 845 g/mol. The summed E-state index contributed by atoms with van der Waals surface area (Å²) in [6, 6.07) is 57.3. The molecular weight excluding hydrogens is 813 g/mol. The molecule has 4 nitrogen and oxygen atoms in total. The molecule has 0 saturated heterocycles. The number of aryl methyl sites for hydroxylation is 2. The molecule has 0 saturated carbocycles. The van der Waals surface area contributed by atoms with Gasteiger partial charge in [-0.15, -0.1) is 58.7 Å². The minimum atomic E-state index is 0. The van der Waals surface area contributed by atoms with Gasteiger partial charge in [-0.05, 0) is 51.0 Å². The molecule has 0 aliphatic carbocycles. The summed E-state index contributed by atoms with van der Waals surface area (Å²) in [5.74, 6) is 0.686. The molecule has 0 bridgehead atoms. The van der Waals surface area contributed by atoms with Gasteiger partial charge in [0.25, 0.3) is 0 Å². The molecule has 0 aliphatic heterocycles. The number of para-hydroxylation sites is 2. The second kappa shape index (κ2) is 14.0. The van der Waals surface area contributed by atoms with Crippen LogP contribution in [0.2, 0.25) is 0 Å². The Kier molecular flexibility index (Phi) is 8.90. The smallest absolute Gasteiger partial charge is 0.0756 e. The molecule has 0 spiro atoms. The van der Waals surface area contributed by atoms with Crippen LogP contribution in [0, 0.1) is 26.0 Å². The predicted octanol–water partition coefficient (Wildman–Crippen LogP) is 11.7. The largest absolute Gasteiger partial charge is 0.328 e. The van der Waals surface area contributed by atoms with Crippen molar-refractivity contribution in [3.63, 3.8) is 0 Å². The Bertz CT molecular complexity index is 2870. The summed E-state index contributed by atoms with van der Waals surface area (Å²) in [5, 5.41) is 8.13. The Balaban J connectivity index is 0.000000173. The maximum Gasteiger partial charge on any atom is 0.0756 e. The summed E-state index contributed by atoms with van der Waals surface area (Å²) in [5.41, 5.74) is 9.74. The molecule has 0 fully saturated rings. The standard InChI is InChI=1S/C30H18N3.C17H14N.Ir/c1-2-9-23(10-3-1)33-27-13-7-6-12-25(27)26-17-16-21(18-28(26)33)30-31-19-22-15-14-20-8-4-5-11-24(20)29(22)32-30;1-12-7-13(2)9-16(8-12)17-10-14-5-3-4-6-15(14)11-18-17;/h1-15,17-19H;3-8,10-11H,1-2H3;/q2*-1;. The quantitative estimate of drug-likeness (QED) is 0.131. The molecule has 10 rings (SSSR count). The Labute approximate surface area is 315 Å². The molecule has 0 amide bonds. The van der Waals surface area contributed by atoms with Crippen LogP contribution in [-0.2, 0) is 20.1 Å². The van der Waals surface area contributed by atoms with Gasteiger partial charge in [0.2, 0.25) is 0 Å². The molecule has 3 heterocycles. The first-order valence-electron chi connectivity index (χ1n) is 17.1. The van der Waals surface area contributed by atoms with Crippen LogP contribution >= 0.6 is 0 Å². The SMILES string of the molecule is Cc1[c-]c(-c2cc3ccccc3cn2)cc(C)c1.[Ir].[c-]1cc2c3ccccc3n(-c3ccccc3)c2cc1-c1ncc2ccc3ccccc3c2n1. The van der Waals surface area contributed by atoms with Crippen molar-refractivity contribution in [2.75, 3.05) is 0 Å². The van der Waals surface area contributed by atoms with Crippen molar-refractivity contribution in [1.82, 2.24) is 19.5 Å². The van der Waals surface area contributed by atoms with Gasteiger partial charge in [-0.3, -0.25) is 9.97 Å². The molecule has 0 atom stereocenters. The molecule has 5 heteroatoms. The van der Waals surface area contributed by atoms with Crippen molar-refractivity contribution in [2.45, 2.75) is 13.8 Å². The summed E-state index contributed by atoms with van der Waals surface area (Å²) < 4.78 is 2.30. The van der Waals surface area contributed by atoms with E-state index in [4.69, 9.17) is 9.97 Å². The Morgan fingerprint density at radius 3 is 2.06 bits per heavy atom. The van der Waals surface area contributed by atoms with E-state index >= 15 is 0 Å². The van der Waals surface area contributed by atoms with Gasteiger partial charge < -0.3 is 9.55 Å². The molecular formula is C47H32IrN4-2. The number of nitrogens with zero attached hydrogens (tertiary/aromatic N) is 4. The van der Waals surface area contributed by atoms with Gasteiger partial charge in [-0.25, -0.2) is 0 Å². The first-order valence-corrected chi connectivity index (χ1v) is 17.1. The summed E-state index contributed by atoms with van der Waals surface area (Å²) in [4.78, 5) is 14.2. The van der Waals surface area contributed by atoms with Gasteiger partial charge in [0.1, 0.15) is 0 Å². The van der Waals surface area contributed by atoms with Crippen molar-refractivity contribution in [2.24, 2.45) is 0 Å².